The molecule has 1 atom stereocenters. The van der Waals surface area contributed by atoms with Crippen LogP contribution in [0.1, 0.15) is 31.7 Å². The monoisotopic (exact) mass is 270 g/mol. The van der Waals surface area contributed by atoms with Crippen molar-refractivity contribution in [2.75, 3.05) is 12.4 Å². The fraction of sp³-hybridized carbons (Fsp3) is 0.538. The first kappa shape index (κ1) is 12.6. The number of rotatable bonds is 5. The van der Waals surface area contributed by atoms with Crippen LogP contribution in [-0.4, -0.2) is 12.4 Å². The van der Waals surface area contributed by atoms with Gasteiger partial charge in [-0.05, 0) is 29.9 Å². The molecule has 1 rings (SSSR count). The van der Waals surface area contributed by atoms with Crippen molar-refractivity contribution in [3.8, 4) is 5.75 Å². The second-order valence-electron chi connectivity index (χ2n) is 4.07. The van der Waals surface area contributed by atoms with Crippen molar-refractivity contribution in [3.05, 3.63) is 29.8 Å². The molecule has 0 radical (unpaired) electrons. The molecule has 0 aromatic heterocycles. The van der Waals surface area contributed by atoms with Gasteiger partial charge in [0.25, 0.3) is 0 Å². The molecule has 0 aliphatic carbocycles. The van der Waals surface area contributed by atoms with E-state index in [2.05, 4.69) is 41.9 Å². The van der Waals surface area contributed by atoms with Crippen LogP contribution in [0.2, 0.25) is 0 Å². The van der Waals surface area contributed by atoms with E-state index < -0.39 is 0 Å². The minimum absolute atomic E-state index is 0.570. The minimum Gasteiger partial charge on any atom is -0.496 e. The largest absolute Gasteiger partial charge is 0.496 e. The quantitative estimate of drug-likeness (QED) is 0.728. The van der Waals surface area contributed by atoms with Crippen molar-refractivity contribution >= 4 is 15.9 Å². The molecule has 0 N–H and O–H groups in total. The molecule has 0 saturated carbocycles. The van der Waals surface area contributed by atoms with Crippen molar-refractivity contribution < 1.29 is 4.74 Å². The number of alkyl halides is 1. The molecular weight excluding hydrogens is 252 g/mol. The maximum Gasteiger partial charge on any atom is 0.122 e. The van der Waals surface area contributed by atoms with Gasteiger partial charge in [-0.2, -0.15) is 0 Å². The van der Waals surface area contributed by atoms with Gasteiger partial charge in [0, 0.05) is 5.33 Å². The van der Waals surface area contributed by atoms with Crippen LogP contribution in [0.3, 0.4) is 0 Å². The molecule has 1 aromatic carbocycles. The summed E-state index contributed by atoms with van der Waals surface area (Å²) in [5.41, 5.74) is 1.33. The van der Waals surface area contributed by atoms with E-state index in [0.717, 1.165) is 17.5 Å². The van der Waals surface area contributed by atoms with Crippen molar-refractivity contribution in [3.63, 3.8) is 0 Å². The second-order valence-corrected chi connectivity index (χ2v) is 4.86. The maximum absolute atomic E-state index is 5.41. The summed E-state index contributed by atoms with van der Waals surface area (Å²) < 4.78 is 5.41. The van der Waals surface area contributed by atoms with Crippen LogP contribution in [0, 0.1) is 5.92 Å². The standard InChI is InChI=1S/C13H19BrO/c1-10(2)11(8-9-14)12-6-4-5-7-13(12)15-3/h4-7,10-11H,8-9H2,1-3H3. The number of hydrogen-bond donors (Lipinski definition) is 0. The topological polar surface area (TPSA) is 9.23 Å². The van der Waals surface area contributed by atoms with Gasteiger partial charge in [-0.25, -0.2) is 0 Å². The van der Waals surface area contributed by atoms with Gasteiger partial charge in [0.1, 0.15) is 5.75 Å². The van der Waals surface area contributed by atoms with Crippen molar-refractivity contribution in [2.45, 2.75) is 26.2 Å². The van der Waals surface area contributed by atoms with Gasteiger partial charge in [-0.3, -0.25) is 0 Å². The number of ether oxygens (including phenoxy) is 1. The molecule has 0 aliphatic heterocycles. The van der Waals surface area contributed by atoms with Crippen LogP contribution in [0.4, 0.5) is 0 Å². The van der Waals surface area contributed by atoms with E-state index in [1.54, 1.807) is 7.11 Å². The highest BCUT2D eigenvalue weighted by atomic mass is 79.9. The lowest BCUT2D eigenvalue weighted by atomic mass is 9.86. The third-order valence-corrected chi connectivity index (χ3v) is 3.22. The molecule has 0 amide bonds. The Morgan fingerprint density at radius 3 is 2.47 bits per heavy atom. The smallest absolute Gasteiger partial charge is 0.122 e. The van der Waals surface area contributed by atoms with Gasteiger partial charge in [-0.15, -0.1) is 0 Å². The number of benzene rings is 1. The van der Waals surface area contributed by atoms with Crippen LogP contribution >= 0.6 is 15.9 Å². The van der Waals surface area contributed by atoms with Gasteiger partial charge >= 0.3 is 0 Å². The molecular formula is C13H19BrO. The average molecular weight is 271 g/mol. The summed E-state index contributed by atoms with van der Waals surface area (Å²) in [6, 6.07) is 8.32. The predicted molar refractivity (Wildman–Crippen MR) is 69.0 cm³/mol. The van der Waals surface area contributed by atoms with Crippen molar-refractivity contribution in [1.82, 2.24) is 0 Å². The van der Waals surface area contributed by atoms with Crippen LogP contribution in [0.25, 0.3) is 0 Å². The Balaban J connectivity index is 2.98. The fourth-order valence-corrected chi connectivity index (χ4v) is 2.43. The molecule has 1 aromatic rings. The van der Waals surface area contributed by atoms with Gasteiger partial charge in [0.15, 0.2) is 0 Å². The highest BCUT2D eigenvalue weighted by molar-refractivity contribution is 9.09. The molecule has 15 heavy (non-hydrogen) atoms. The highest BCUT2D eigenvalue weighted by Gasteiger charge is 2.18. The number of halogens is 1. The Labute approximate surface area is 101 Å². The van der Waals surface area contributed by atoms with Crippen molar-refractivity contribution in [1.29, 1.82) is 0 Å². The molecule has 0 aliphatic rings. The summed E-state index contributed by atoms with van der Waals surface area (Å²) in [6.07, 6.45) is 1.15. The number of hydrogen-bond acceptors (Lipinski definition) is 1. The van der Waals surface area contributed by atoms with Crippen LogP contribution in [-0.2, 0) is 0 Å². The maximum atomic E-state index is 5.41. The summed E-state index contributed by atoms with van der Waals surface area (Å²) in [5, 5.41) is 1.04. The SMILES string of the molecule is COc1ccccc1C(CCBr)C(C)C. The van der Waals surface area contributed by atoms with Crippen LogP contribution < -0.4 is 4.74 Å². The lowest BCUT2D eigenvalue weighted by Crippen LogP contribution is -2.08. The average Bonchev–Trinajstić information content (AvgIpc) is 2.25. The molecule has 84 valence electrons. The summed E-state index contributed by atoms with van der Waals surface area (Å²) in [5.74, 6) is 2.22. The van der Waals surface area contributed by atoms with E-state index in [1.807, 2.05) is 12.1 Å². The summed E-state index contributed by atoms with van der Waals surface area (Å²) in [6.45, 7) is 4.53. The lowest BCUT2D eigenvalue weighted by Gasteiger charge is -2.22. The zero-order chi connectivity index (χ0) is 11.3. The van der Waals surface area contributed by atoms with E-state index in [9.17, 15) is 0 Å². The van der Waals surface area contributed by atoms with Crippen LogP contribution in [0.5, 0.6) is 5.75 Å². The number of para-hydroxylation sites is 1. The first-order valence-electron chi connectivity index (χ1n) is 5.39. The molecule has 1 nitrogen and oxygen atoms in total. The Hall–Kier alpha value is -0.500. The molecule has 2 heteroatoms. The molecule has 0 heterocycles. The normalized spacial score (nSPS) is 12.9. The fourth-order valence-electron chi connectivity index (χ4n) is 1.94. The van der Waals surface area contributed by atoms with E-state index in [1.165, 1.54) is 5.56 Å². The molecule has 0 spiro atoms. The Morgan fingerprint density at radius 1 is 1.27 bits per heavy atom. The summed E-state index contributed by atoms with van der Waals surface area (Å²) in [7, 11) is 1.74. The summed E-state index contributed by atoms with van der Waals surface area (Å²) >= 11 is 3.52. The zero-order valence-electron chi connectivity index (χ0n) is 9.66. The van der Waals surface area contributed by atoms with E-state index in [-0.39, 0.29) is 0 Å². The first-order chi connectivity index (χ1) is 7.20. The zero-order valence-corrected chi connectivity index (χ0v) is 11.3. The lowest BCUT2D eigenvalue weighted by molar-refractivity contribution is 0.393. The Morgan fingerprint density at radius 2 is 1.93 bits per heavy atom. The Kier molecular flexibility index (Phi) is 5.16. The second kappa shape index (κ2) is 6.16. The number of methoxy groups -OCH3 is 1. The molecule has 0 saturated heterocycles. The molecule has 1 unspecified atom stereocenters. The van der Waals surface area contributed by atoms with E-state index >= 15 is 0 Å². The molecule has 0 bridgehead atoms. The third kappa shape index (κ3) is 3.23. The summed E-state index contributed by atoms with van der Waals surface area (Å²) in [4.78, 5) is 0. The van der Waals surface area contributed by atoms with E-state index in [4.69, 9.17) is 4.74 Å². The van der Waals surface area contributed by atoms with Crippen LogP contribution in [0.15, 0.2) is 24.3 Å². The minimum atomic E-state index is 0.570. The third-order valence-electron chi connectivity index (χ3n) is 2.76. The first-order valence-corrected chi connectivity index (χ1v) is 6.51. The van der Waals surface area contributed by atoms with E-state index in [0.29, 0.717) is 11.8 Å². The van der Waals surface area contributed by atoms with Gasteiger partial charge in [0.2, 0.25) is 0 Å². The Bertz CT molecular complexity index is 296. The van der Waals surface area contributed by atoms with Gasteiger partial charge in [0.05, 0.1) is 7.11 Å². The van der Waals surface area contributed by atoms with Gasteiger partial charge < -0.3 is 4.74 Å². The van der Waals surface area contributed by atoms with Gasteiger partial charge in [-0.1, -0.05) is 48.0 Å². The molecule has 0 fully saturated rings. The highest BCUT2D eigenvalue weighted by Crippen LogP contribution is 2.34. The van der Waals surface area contributed by atoms with Crippen molar-refractivity contribution in [2.24, 2.45) is 5.92 Å². The predicted octanol–water partition coefficient (Wildman–Crippen LogP) is 4.22.